The molecular weight excluding hydrogens is 218 g/mol. The van der Waals surface area contributed by atoms with Gasteiger partial charge in [-0.05, 0) is 31.5 Å². The monoisotopic (exact) mass is 237 g/mol. The Kier molecular flexibility index (Phi) is 3.43. The molecule has 1 unspecified atom stereocenters. The van der Waals surface area contributed by atoms with E-state index in [9.17, 15) is 0 Å². The van der Waals surface area contributed by atoms with E-state index in [1.807, 2.05) is 13.1 Å². The molecular formula is C13H19NO3. The number of aryl methyl sites for hydroxylation is 1. The average Bonchev–Trinajstić information content (AvgIpc) is 2.78. The van der Waals surface area contributed by atoms with Gasteiger partial charge in [-0.3, -0.25) is 0 Å². The maximum Gasteiger partial charge on any atom is 0.203 e. The van der Waals surface area contributed by atoms with E-state index in [1.54, 1.807) is 21.3 Å². The van der Waals surface area contributed by atoms with Crippen LogP contribution in [0.1, 0.15) is 23.6 Å². The van der Waals surface area contributed by atoms with Crippen LogP contribution in [0.5, 0.6) is 17.2 Å². The van der Waals surface area contributed by atoms with Gasteiger partial charge in [-0.2, -0.15) is 0 Å². The summed E-state index contributed by atoms with van der Waals surface area (Å²) in [5, 5.41) is 3.31. The van der Waals surface area contributed by atoms with Gasteiger partial charge >= 0.3 is 0 Å². The van der Waals surface area contributed by atoms with Crippen LogP contribution in [0.3, 0.4) is 0 Å². The second-order valence-electron chi connectivity index (χ2n) is 4.10. The Morgan fingerprint density at radius 1 is 1.12 bits per heavy atom. The molecule has 0 bridgehead atoms. The number of hydrogen-bond donors (Lipinski definition) is 1. The SMILES string of the molecule is CNC1CCc2cc(OC)c(OC)c(OC)c21. The van der Waals surface area contributed by atoms with E-state index in [2.05, 4.69) is 5.32 Å². The molecule has 4 nitrogen and oxygen atoms in total. The van der Waals surface area contributed by atoms with Crippen molar-refractivity contribution in [2.45, 2.75) is 18.9 Å². The molecule has 0 fully saturated rings. The standard InChI is InChI=1S/C13H19NO3/c1-14-9-6-5-8-7-10(15-2)12(16-3)13(17-4)11(8)9/h7,9,14H,5-6H2,1-4H3. The van der Waals surface area contributed by atoms with Crippen molar-refractivity contribution in [3.8, 4) is 17.2 Å². The van der Waals surface area contributed by atoms with Crippen LogP contribution in [-0.4, -0.2) is 28.4 Å². The Labute approximate surface area is 102 Å². The Morgan fingerprint density at radius 3 is 2.35 bits per heavy atom. The Balaban J connectivity index is 2.62. The molecule has 0 spiro atoms. The van der Waals surface area contributed by atoms with Crippen molar-refractivity contribution in [3.05, 3.63) is 17.2 Å². The van der Waals surface area contributed by atoms with Gasteiger partial charge in [0.25, 0.3) is 0 Å². The van der Waals surface area contributed by atoms with Crippen LogP contribution in [0.4, 0.5) is 0 Å². The van der Waals surface area contributed by atoms with Gasteiger partial charge in [-0.1, -0.05) is 0 Å². The predicted octanol–water partition coefficient (Wildman–Crippen LogP) is 1.92. The lowest BCUT2D eigenvalue weighted by atomic mass is 10.1. The van der Waals surface area contributed by atoms with Crippen LogP contribution in [-0.2, 0) is 6.42 Å². The Hall–Kier alpha value is -1.42. The second-order valence-corrected chi connectivity index (χ2v) is 4.10. The van der Waals surface area contributed by atoms with Gasteiger partial charge in [0.1, 0.15) is 0 Å². The minimum absolute atomic E-state index is 0.333. The molecule has 1 aliphatic rings. The molecule has 1 aromatic carbocycles. The molecule has 0 saturated heterocycles. The van der Waals surface area contributed by atoms with Crippen molar-refractivity contribution in [1.29, 1.82) is 0 Å². The lowest BCUT2D eigenvalue weighted by molar-refractivity contribution is 0.320. The summed E-state index contributed by atoms with van der Waals surface area (Å²) in [5.41, 5.74) is 2.48. The summed E-state index contributed by atoms with van der Waals surface area (Å²) in [6, 6.07) is 2.38. The van der Waals surface area contributed by atoms with Crippen LogP contribution in [0.15, 0.2) is 6.07 Å². The van der Waals surface area contributed by atoms with Crippen molar-refractivity contribution >= 4 is 0 Å². The van der Waals surface area contributed by atoms with E-state index >= 15 is 0 Å². The van der Waals surface area contributed by atoms with Crippen LogP contribution in [0.2, 0.25) is 0 Å². The molecule has 1 N–H and O–H groups in total. The quantitative estimate of drug-likeness (QED) is 0.868. The van der Waals surface area contributed by atoms with Crippen molar-refractivity contribution in [2.75, 3.05) is 28.4 Å². The highest BCUT2D eigenvalue weighted by atomic mass is 16.5. The number of hydrogen-bond acceptors (Lipinski definition) is 4. The fourth-order valence-corrected chi connectivity index (χ4v) is 2.55. The van der Waals surface area contributed by atoms with E-state index in [-0.39, 0.29) is 0 Å². The third kappa shape index (κ3) is 1.82. The molecule has 0 heterocycles. The summed E-state index contributed by atoms with van der Waals surface area (Å²) in [7, 11) is 6.92. The van der Waals surface area contributed by atoms with E-state index < -0.39 is 0 Å². The molecule has 94 valence electrons. The molecule has 17 heavy (non-hydrogen) atoms. The molecule has 0 saturated carbocycles. The fourth-order valence-electron chi connectivity index (χ4n) is 2.55. The number of fused-ring (bicyclic) bond motifs is 1. The lowest BCUT2D eigenvalue weighted by Crippen LogP contribution is -2.14. The number of ether oxygens (including phenoxy) is 3. The Bertz CT molecular complexity index is 418. The molecule has 0 aliphatic heterocycles. The molecule has 0 amide bonds. The van der Waals surface area contributed by atoms with Gasteiger partial charge in [-0.15, -0.1) is 0 Å². The first-order valence-electron chi connectivity index (χ1n) is 5.75. The molecule has 0 radical (unpaired) electrons. The molecule has 1 aliphatic carbocycles. The summed E-state index contributed by atoms with van der Waals surface area (Å²) in [6.07, 6.45) is 2.12. The third-order valence-electron chi connectivity index (χ3n) is 3.35. The van der Waals surface area contributed by atoms with E-state index in [4.69, 9.17) is 14.2 Å². The largest absolute Gasteiger partial charge is 0.493 e. The number of methoxy groups -OCH3 is 3. The van der Waals surface area contributed by atoms with Crippen LogP contribution in [0, 0.1) is 0 Å². The summed E-state index contributed by atoms with van der Waals surface area (Å²) < 4.78 is 16.3. The maximum absolute atomic E-state index is 5.51. The summed E-state index contributed by atoms with van der Waals surface area (Å²) >= 11 is 0. The van der Waals surface area contributed by atoms with E-state index in [0.717, 1.165) is 24.3 Å². The van der Waals surface area contributed by atoms with Crippen LogP contribution < -0.4 is 19.5 Å². The van der Waals surface area contributed by atoms with Crippen LogP contribution in [0.25, 0.3) is 0 Å². The van der Waals surface area contributed by atoms with Crippen molar-refractivity contribution in [3.63, 3.8) is 0 Å². The summed E-state index contributed by atoms with van der Waals surface area (Å²) in [6.45, 7) is 0. The average molecular weight is 237 g/mol. The smallest absolute Gasteiger partial charge is 0.203 e. The molecule has 2 rings (SSSR count). The zero-order valence-electron chi connectivity index (χ0n) is 10.8. The predicted molar refractivity (Wildman–Crippen MR) is 66.2 cm³/mol. The van der Waals surface area contributed by atoms with Crippen molar-refractivity contribution < 1.29 is 14.2 Å². The highest BCUT2D eigenvalue weighted by Gasteiger charge is 2.29. The summed E-state index contributed by atoms with van der Waals surface area (Å²) in [4.78, 5) is 0. The highest BCUT2D eigenvalue weighted by Crippen LogP contribution is 2.48. The number of nitrogens with one attached hydrogen (secondary N) is 1. The van der Waals surface area contributed by atoms with Crippen LogP contribution >= 0.6 is 0 Å². The Morgan fingerprint density at radius 2 is 1.82 bits per heavy atom. The molecule has 1 atom stereocenters. The zero-order chi connectivity index (χ0) is 12.4. The first-order valence-corrected chi connectivity index (χ1v) is 5.75. The van der Waals surface area contributed by atoms with E-state index in [1.165, 1.54) is 11.1 Å². The van der Waals surface area contributed by atoms with Gasteiger partial charge < -0.3 is 19.5 Å². The van der Waals surface area contributed by atoms with Gasteiger partial charge in [0, 0.05) is 11.6 Å². The van der Waals surface area contributed by atoms with Gasteiger partial charge in [0.2, 0.25) is 5.75 Å². The van der Waals surface area contributed by atoms with Crippen molar-refractivity contribution in [1.82, 2.24) is 5.32 Å². The molecule has 4 heteroatoms. The van der Waals surface area contributed by atoms with Gasteiger partial charge in [-0.25, -0.2) is 0 Å². The number of benzene rings is 1. The minimum atomic E-state index is 0.333. The molecule has 1 aromatic rings. The van der Waals surface area contributed by atoms with Crippen molar-refractivity contribution in [2.24, 2.45) is 0 Å². The second kappa shape index (κ2) is 4.84. The third-order valence-corrected chi connectivity index (χ3v) is 3.35. The first kappa shape index (κ1) is 12.0. The van der Waals surface area contributed by atoms with E-state index in [0.29, 0.717) is 11.8 Å². The normalized spacial score (nSPS) is 17.8. The number of rotatable bonds is 4. The maximum atomic E-state index is 5.51. The van der Waals surface area contributed by atoms with Gasteiger partial charge in [0.05, 0.1) is 21.3 Å². The fraction of sp³-hybridized carbons (Fsp3) is 0.538. The van der Waals surface area contributed by atoms with Gasteiger partial charge in [0.15, 0.2) is 11.5 Å². The molecule has 0 aromatic heterocycles. The highest BCUT2D eigenvalue weighted by molar-refractivity contribution is 5.61. The first-order chi connectivity index (χ1) is 8.26. The summed E-state index contributed by atoms with van der Waals surface area (Å²) in [5.74, 6) is 2.20. The zero-order valence-corrected chi connectivity index (χ0v) is 10.8. The topological polar surface area (TPSA) is 39.7 Å². The lowest BCUT2D eigenvalue weighted by Gasteiger charge is -2.19. The minimum Gasteiger partial charge on any atom is -0.493 e.